The number of nitrogens with one attached hydrogen (secondary N) is 2. The van der Waals surface area contributed by atoms with Crippen LogP contribution in [0.3, 0.4) is 0 Å². The monoisotopic (exact) mass is 459 g/mol. The number of carbonyl (C=O) groups is 2. The van der Waals surface area contributed by atoms with Crippen molar-refractivity contribution in [1.82, 2.24) is 15.7 Å². The largest absolute Gasteiger partial charge is 0.508 e. The van der Waals surface area contributed by atoms with Crippen LogP contribution >= 0.6 is 0 Å². The van der Waals surface area contributed by atoms with Gasteiger partial charge in [0.2, 0.25) is 11.8 Å². The number of benzene rings is 1. The first-order chi connectivity index (χ1) is 15.3. The molecule has 184 valence electrons. The highest BCUT2D eigenvalue weighted by Gasteiger charge is 2.50. The summed E-state index contributed by atoms with van der Waals surface area (Å²) >= 11 is 0. The smallest absolute Gasteiger partial charge is 0.223 e. The summed E-state index contributed by atoms with van der Waals surface area (Å²) in [7, 11) is 1.71. The first-order valence-corrected chi connectivity index (χ1v) is 12.0. The van der Waals surface area contributed by atoms with Gasteiger partial charge in [-0.1, -0.05) is 19.1 Å². The van der Waals surface area contributed by atoms with Crippen molar-refractivity contribution in [2.75, 3.05) is 7.11 Å². The Hall–Kier alpha value is -2.12. The second kappa shape index (κ2) is 9.63. The van der Waals surface area contributed by atoms with E-state index < -0.39 is 0 Å². The number of hydrogen-bond donors (Lipinski definition) is 3. The van der Waals surface area contributed by atoms with Crippen molar-refractivity contribution in [2.24, 2.45) is 17.8 Å². The van der Waals surface area contributed by atoms with E-state index in [1.807, 2.05) is 24.1 Å². The quantitative estimate of drug-likeness (QED) is 0.554. The molecule has 1 saturated carbocycles. The van der Waals surface area contributed by atoms with Gasteiger partial charge >= 0.3 is 0 Å². The van der Waals surface area contributed by atoms with Crippen molar-refractivity contribution in [3.63, 3.8) is 0 Å². The minimum atomic E-state index is -0.180. The van der Waals surface area contributed by atoms with Gasteiger partial charge in [0.25, 0.3) is 0 Å². The molecule has 0 unspecified atom stereocenters. The predicted molar refractivity (Wildman–Crippen MR) is 128 cm³/mol. The van der Waals surface area contributed by atoms with Gasteiger partial charge in [-0.25, -0.2) is 0 Å². The molecule has 4 atom stereocenters. The van der Waals surface area contributed by atoms with Crippen LogP contribution in [-0.2, 0) is 20.8 Å². The number of rotatable bonds is 8. The first kappa shape index (κ1) is 25.5. The fourth-order valence-electron chi connectivity index (χ4n) is 6.12. The fourth-order valence-corrected chi connectivity index (χ4v) is 6.12. The molecule has 2 fully saturated rings. The summed E-state index contributed by atoms with van der Waals surface area (Å²) in [5.41, 5.74) is 0.699. The molecule has 7 nitrogen and oxygen atoms in total. The van der Waals surface area contributed by atoms with E-state index in [0.717, 1.165) is 24.8 Å². The average molecular weight is 460 g/mol. The molecule has 0 radical (unpaired) electrons. The van der Waals surface area contributed by atoms with Crippen LogP contribution in [0.15, 0.2) is 24.3 Å². The minimum Gasteiger partial charge on any atom is -0.508 e. The van der Waals surface area contributed by atoms with Crippen LogP contribution in [0.5, 0.6) is 5.75 Å². The van der Waals surface area contributed by atoms with E-state index in [2.05, 4.69) is 38.3 Å². The molecule has 1 aromatic rings. The van der Waals surface area contributed by atoms with Gasteiger partial charge in [0.1, 0.15) is 5.75 Å². The summed E-state index contributed by atoms with van der Waals surface area (Å²) in [6, 6.07) is 7.17. The second-order valence-corrected chi connectivity index (χ2v) is 11.2. The van der Waals surface area contributed by atoms with Crippen LogP contribution in [0.4, 0.5) is 0 Å². The standard InChI is InChI=1S/C26H41N3O4/c1-16(24(32)28-19-14-25(3,4)29(33-7)26(5,6)15-19)21-13-22(21)23(27-17(2)30)12-18-8-10-20(31)11-9-18/h8-11,16,19,21-23,31H,12-15H2,1-7H3,(H,27,30)(H,28,32)/t16-,21-,22+,23+/m0/s1. The lowest BCUT2D eigenvalue weighted by Gasteiger charge is -2.53. The molecule has 33 heavy (non-hydrogen) atoms. The SMILES string of the molecule is CON1C(C)(C)CC(NC(=O)[C@@H](C)[C@@H]2C[C@H]2[C@@H](Cc2ccc(O)cc2)NC(C)=O)CC1(C)C. The summed E-state index contributed by atoms with van der Waals surface area (Å²) in [5.74, 6) is 0.669. The van der Waals surface area contributed by atoms with E-state index in [9.17, 15) is 14.7 Å². The van der Waals surface area contributed by atoms with Crippen LogP contribution < -0.4 is 10.6 Å². The maximum atomic E-state index is 13.2. The van der Waals surface area contributed by atoms with Gasteiger partial charge in [-0.05, 0) is 82.9 Å². The summed E-state index contributed by atoms with van der Waals surface area (Å²) in [5, 5.41) is 18.0. The molecule has 2 aliphatic rings. The van der Waals surface area contributed by atoms with Gasteiger partial charge in [0.05, 0.1) is 7.11 Å². The number of phenols is 1. The van der Waals surface area contributed by atoms with Gasteiger partial charge < -0.3 is 20.6 Å². The van der Waals surface area contributed by atoms with Crippen molar-refractivity contribution < 1.29 is 19.5 Å². The van der Waals surface area contributed by atoms with Crippen molar-refractivity contribution in [1.29, 1.82) is 0 Å². The molecule has 2 amide bonds. The van der Waals surface area contributed by atoms with E-state index >= 15 is 0 Å². The van der Waals surface area contributed by atoms with Crippen molar-refractivity contribution in [2.45, 2.75) is 90.4 Å². The van der Waals surface area contributed by atoms with Crippen LogP contribution in [0.25, 0.3) is 0 Å². The molecular weight excluding hydrogens is 418 g/mol. The number of phenolic OH excluding ortho intramolecular Hbond substituents is 1. The molecule has 1 aliphatic heterocycles. The number of aromatic hydroxyl groups is 1. The minimum absolute atomic E-state index is 0.0184. The van der Waals surface area contributed by atoms with E-state index in [4.69, 9.17) is 4.84 Å². The lowest BCUT2D eigenvalue weighted by molar-refractivity contribution is -0.267. The normalized spacial score (nSPS) is 26.3. The van der Waals surface area contributed by atoms with Gasteiger partial charge in [-0.2, -0.15) is 5.06 Å². The van der Waals surface area contributed by atoms with E-state index in [1.165, 1.54) is 6.92 Å². The number of carbonyl (C=O) groups excluding carboxylic acids is 2. The van der Waals surface area contributed by atoms with Crippen LogP contribution in [0.2, 0.25) is 0 Å². The van der Waals surface area contributed by atoms with Crippen LogP contribution in [0, 0.1) is 17.8 Å². The third kappa shape index (κ3) is 6.07. The maximum Gasteiger partial charge on any atom is 0.223 e. The molecule has 3 N–H and O–H groups in total. The zero-order chi connectivity index (χ0) is 24.6. The van der Waals surface area contributed by atoms with Crippen molar-refractivity contribution >= 4 is 11.8 Å². The number of hydroxylamine groups is 2. The van der Waals surface area contributed by atoms with Crippen LogP contribution in [0.1, 0.15) is 66.4 Å². The summed E-state index contributed by atoms with van der Waals surface area (Å²) in [6.45, 7) is 12.1. The highest BCUT2D eigenvalue weighted by molar-refractivity contribution is 5.79. The Kier molecular flexibility index (Phi) is 7.44. The molecular formula is C26H41N3O4. The molecule has 1 aliphatic carbocycles. The second-order valence-electron chi connectivity index (χ2n) is 11.2. The van der Waals surface area contributed by atoms with Gasteiger partial charge in [0.15, 0.2) is 0 Å². The Labute approximate surface area is 198 Å². The average Bonchev–Trinajstić information content (AvgIpc) is 3.47. The Morgan fingerprint density at radius 3 is 2.21 bits per heavy atom. The fraction of sp³-hybridized carbons (Fsp3) is 0.692. The summed E-state index contributed by atoms with van der Waals surface area (Å²) < 4.78 is 0. The third-order valence-corrected chi connectivity index (χ3v) is 7.36. The Bertz CT molecular complexity index is 834. The predicted octanol–water partition coefficient (Wildman–Crippen LogP) is 3.41. The number of nitrogens with zero attached hydrogens (tertiary/aromatic N) is 1. The maximum absolute atomic E-state index is 13.2. The number of hydrogen-bond acceptors (Lipinski definition) is 5. The lowest BCUT2D eigenvalue weighted by atomic mass is 9.78. The van der Waals surface area contributed by atoms with Crippen LogP contribution in [-0.4, -0.2) is 52.3 Å². The zero-order valence-corrected chi connectivity index (χ0v) is 21.1. The topological polar surface area (TPSA) is 90.9 Å². The highest BCUT2D eigenvalue weighted by Crippen LogP contribution is 2.47. The number of amides is 2. The lowest BCUT2D eigenvalue weighted by Crippen LogP contribution is -2.63. The molecule has 1 heterocycles. The van der Waals surface area contributed by atoms with Gasteiger partial charge in [-0.3, -0.25) is 9.59 Å². The molecule has 7 heteroatoms. The zero-order valence-electron chi connectivity index (χ0n) is 21.1. The number of piperidine rings is 1. The molecule has 3 rings (SSSR count). The molecule has 0 bridgehead atoms. The van der Waals surface area contributed by atoms with E-state index in [-0.39, 0.29) is 58.5 Å². The Balaban J connectivity index is 1.61. The Morgan fingerprint density at radius 1 is 1.12 bits per heavy atom. The molecule has 1 saturated heterocycles. The molecule has 0 spiro atoms. The van der Waals surface area contributed by atoms with Crippen molar-refractivity contribution in [3.05, 3.63) is 29.8 Å². The van der Waals surface area contributed by atoms with E-state index in [0.29, 0.717) is 6.42 Å². The van der Waals surface area contributed by atoms with Gasteiger partial charge in [0, 0.05) is 36.0 Å². The van der Waals surface area contributed by atoms with Crippen molar-refractivity contribution in [3.8, 4) is 5.75 Å². The first-order valence-electron chi connectivity index (χ1n) is 12.0. The molecule has 1 aromatic carbocycles. The summed E-state index contributed by atoms with van der Waals surface area (Å²) in [4.78, 5) is 30.7. The van der Waals surface area contributed by atoms with Gasteiger partial charge in [-0.15, -0.1) is 0 Å². The third-order valence-electron chi connectivity index (χ3n) is 7.36. The Morgan fingerprint density at radius 2 is 1.70 bits per heavy atom. The highest BCUT2D eigenvalue weighted by atomic mass is 16.7. The van der Waals surface area contributed by atoms with E-state index in [1.54, 1.807) is 19.2 Å². The molecule has 0 aromatic heterocycles. The summed E-state index contributed by atoms with van der Waals surface area (Å²) in [6.07, 6.45) is 3.27.